The van der Waals surface area contributed by atoms with Crippen LogP contribution < -0.4 is 5.46 Å². The Bertz CT molecular complexity index is 401. The molecule has 0 aromatic heterocycles. The van der Waals surface area contributed by atoms with E-state index in [0.717, 1.165) is 24.0 Å². The second-order valence-corrected chi connectivity index (χ2v) is 4.50. The van der Waals surface area contributed by atoms with Crippen LogP contribution in [0.2, 0.25) is 0 Å². The van der Waals surface area contributed by atoms with Crippen LogP contribution >= 0.6 is 0 Å². The molecule has 15 heavy (non-hydrogen) atoms. The third-order valence-electron chi connectivity index (χ3n) is 3.00. The lowest BCUT2D eigenvalue weighted by Gasteiger charge is -2.32. The van der Waals surface area contributed by atoms with Gasteiger partial charge in [0.15, 0.2) is 0 Å². The molecular formula is C12H16BNO. The van der Waals surface area contributed by atoms with Gasteiger partial charge < -0.3 is 4.90 Å². The summed E-state index contributed by atoms with van der Waals surface area (Å²) in [6.07, 6.45) is 0.986. The van der Waals surface area contributed by atoms with Gasteiger partial charge >= 0.3 is 0 Å². The number of carbonyl (C=O) groups excluding carboxylic acids is 1. The first-order chi connectivity index (χ1) is 7.09. The van der Waals surface area contributed by atoms with Gasteiger partial charge in [0.25, 0.3) is 5.91 Å². The topological polar surface area (TPSA) is 20.3 Å². The highest BCUT2D eigenvalue weighted by Gasteiger charge is 2.25. The molecule has 0 unspecified atom stereocenters. The van der Waals surface area contributed by atoms with Crippen molar-refractivity contribution in [3.8, 4) is 0 Å². The van der Waals surface area contributed by atoms with E-state index < -0.39 is 0 Å². The van der Waals surface area contributed by atoms with Crippen LogP contribution in [0.4, 0.5) is 0 Å². The first-order valence-electron chi connectivity index (χ1n) is 5.50. The summed E-state index contributed by atoms with van der Waals surface area (Å²) < 4.78 is 0. The minimum Gasteiger partial charge on any atom is -0.336 e. The van der Waals surface area contributed by atoms with Crippen molar-refractivity contribution < 1.29 is 4.79 Å². The molecule has 2 rings (SSSR count). The molecule has 1 aromatic rings. The van der Waals surface area contributed by atoms with E-state index >= 15 is 0 Å². The van der Waals surface area contributed by atoms with Crippen LogP contribution in [0.1, 0.15) is 29.8 Å². The van der Waals surface area contributed by atoms with Crippen molar-refractivity contribution in [2.24, 2.45) is 0 Å². The number of nitrogens with zero attached hydrogens (tertiary/aromatic N) is 1. The van der Waals surface area contributed by atoms with Crippen molar-refractivity contribution in [2.45, 2.75) is 26.3 Å². The smallest absolute Gasteiger partial charge is 0.254 e. The number of benzene rings is 1. The fourth-order valence-electron chi connectivity index (χ4n) is 2.10. The zero-order valence-corrected chi connectivity index (χ0v) is 9.58. The second-order valence-electron chi connectivity index (χ2n) is 4.50. The zero-order chi connectivity index (χ0) is 11.0. The molecule has 2 nitrogen and oxygen atoms in total. The van der Waals surface area contributed by atoms with Crippen LogP contribution in [0, 0.1) is 0 Å². The number of hydrogen-bond donors (Lipinski definition) is 0. The highest BCUT2D eigenvalue weighted by atomic mass is 16.2. The van der Waals surface area contributed by atoms with Gasteiger partial charge in [-0.25, -0.2) is 0 Å². The molecule has 0 saturated heterocycles. The molecule has 0 radical (unpaired) electrons. The van der Waals surface area contributed by atoms with Crippen LogP contribution in [0.25, 0.3) is 0 Å². The zero-order valence-electron chi connectivity index (χ0n) is 9.58. The van der Waals surface area contributed by atoms with Crippen molar-refractivity contribution in [3.05, 3.63) is 29.3 Å². The minimum absolute atomic E-state index is 0.190. The van der Waals surface area contributed by atoms with E-state index in [1.54, 1.807) is 0 Å². The van der Waals surface area contributed by atoms with Gasteiger partial charge in [-0.15, -0.1) is 0 Å². The molecular weight excluding hydrogens is 185 g/mol. The number of carbonyl (C=O) groups is 1. The van der Waals surface area contributed by atoms with E-state index in [1.807, 2.05) is 18.8 Å². The van der Waals surface area contributed by atoms with Gasteiger partial charge in [0.2, 0.25) is 0 Å². The summed E-state index contributed by atoms with van der Waals surface area (Å²) in [5.41, 5.74) is 3.25. The molecule has 0 fully saturated rings. The summed E-state index contributed by atoms with van der Waals surface area (Å²) in [7, 11) is 2.03. The summed E-state index contributed by atoms with van der Waals surface area (Å²) in [4.78, 5) is 14.1. The highest BCUT2D eigenvalue weighted by Crippen LogP contribution is 2.19. The predicted molar refractivity (Wildman–Crippen MR) is 64.5 cm³/mol. The second kappa shape index (κ2) is 3.72. The van der Waals surface area contributed by atoms with Crippen molar-refractivity contribution in [3.63, 3.8) is 0 Å². The summed E-state index contributed by atoms with van der Waals surface area (Å²) >= 11 is 0. The van der Waals surface area contributed by atoms with Gasteiger partial charge in [0, 0.05) is 18.2 Å². The van der Waals surface area contributed by atoms with Gasteiger partial charge in [0.1, 0.15) is 7.85 Å². The van der Waals surface area contributed by atoms with E-state index in [-0.39, 0.29) is 5.91 Å². The molecule has 1 heterocycles. The third kappa shape index (κ3) is 1.78. The van der Waals surface area contributed by atoms with Crippen LogP contribution in [0.15, 0.2) is 18.2 Å². The number of hydrogen-bond acceptors (Lipinski definition) is 1. The van der Waals surface area contributed by atoms with E-state index in [1.165, 1.54) is 5.56 Å². The van der Waals surface area contributed by atoms with Gasteiger partial charge in [-0.2, -0.15) is 0 Å². The largest absolute Gasteiger partial charge is 0.336 e. The van der Waals surface area contributed by atoms with Crippen molar-refractivity contribution >= 4 is 19.2 Å². The Balaban J connectivity index is 2.40. The summed E-state index contributed by atoms with van der Waals surface area (Å²) in [6, 6.07) is 6.47. The standard InChI is InChI=1S/C12H16BNO/c1-8(2)14-6-5-9-3-4-10(13)7-11(9)12(14)15/h3-4,7-8H,5-6,13H2,1-2H3. The summed E-state index contributed by atoms with van der Waals surface area (Å²) in [5.74, 6) is 0.190. The lowest BCUT2D eigenvalue weighted by molar-refractivity contribution is 0.0688. The Kier molecular flexibility index (Phi) is 2.55. The highest BCUT2D eigenvalue weighted by molar-refractivity contribution is 6.32. The van der Waals surface area contributed by atoms with Gasteiger partial charge in [-0.05, 0) is 25.8 Å². The Hall–Kier alpha value is -1.25. The molecule has 0 saturated carbocycles. The Morgan fingerprint density at radius 1 is 1.40 bits per heavy atom. The van der Waals surface area contributed by atoms with Crippen LogP contribution in [-0.2, 0) is 6.42 Å². The molecule has 3 heteroatoms. The maximum atomic E-state index is 12.1. The molecule has 1 aromatic carbocycles. The molecule has 1 aliphatic rings. The van der Waals surface area contributed by atoms with Gasteiger partial charge in [-0.3, -0.25) is 4.79 Å². The Morgan fingerprint density at radius 2 is 2.13 bits per heavy atom. The fraction of sp³-hybridized carbons (Fsp3) is 0.417. The van der Waals surface area contributed by atoms with Crippen molar-refractivity contribution in [1.29, 1.82) is 0 Å². The lowest BCUT2D eigenvalue weighted by atomic mass is 9.89. The first-order valence-corrected chi connectivity index (χ1v) is 5.50. The van der Waals surface area contributed by atoms with Crippen LogP contribution in [0.3, 0.4) is 0 Å². The maximum Gasteiger partial charge on any atom is 0.254 e. The molecule has 1 amide bonds. The van der Waals surface area contributed by atoms with Gasteiger partial charge in [0.05, 0.1) is 0 Å². The van der Waals surface area contributed by atoms with E-state index in [9.17, 15) is 4.79 Å². The minimum atomic E-state index is 0.190. The quantitative estimate of drug-likeness (QED) is 0.600. The SMILES string of the molecule is Bc1ccc2c(c1)C(=O)N(C(C)C)CC2. The van der Waals surface area contributed by atoms with E-state index in [0.29, 0.717) is 6.04 Å². The Labute approximate surface area is 91.7 Å². The van der Waals surface area contributed by atoms with Crippen LogP contribution in [-0.4, -0.2) is 31.2 Å². The molecule has 0 N–H and O–H groups in total. The Morgan fingerprint density at radius 3 is 2.80 bits per heavy atom. The number of rotatable bonds is 1. The molecule has 1 aliphatic heterocycles. The number of amides is 1. The van der Waals surface area contributed by atoms with Gasteiger partial charge in [-0.1, -0.05) is 23.7 Å². The van der Waals surface area contributed by atoms with Crippen molar-refractivity contribution in [2.75, 3.05) is 6.54 Å². The predicted octanol–water partition coefficient (Wildman–Crippen LogP) is 0.352. The molecule has 0 spiro atoms. The normalized spacial score (nSPS) is 15.7. The summed E-state index contributed by atoms with van der Waals surface area (Å²) in [6.45, 7) is 4.99. The lowest BCUT2D eigenvalue weighted by Crippen LogP contribution is -2.42. The average molecular weight is 201 g/mol. The van der Waals surface area contributed by atoms with E-state index in [4.69, 9.17) is 0 Å². The molecule has 0 atom stereocenters. The third-order valence-corrected chi connectivity index (χ3v) is 3.00. The molecule has 78 valence electrons. The maximum absolute atomic E-state index is 12.1. The van der Waals surface area contributed by atoms with E-state index in [2.05, 4.69) is 26.0 Å². The average Bonchev–Trinajstić information content (AvgIpc) is 2.19. The first kappa shape index (κ1) is 10.3. The monoisotopic (exact) mass is 201 g/mol. The number of fused-ring (bicyclic) bond motifs is 1. The summed E-state index contributed by atoms with van der Waals surface area (Å²) in [5, 5.41) is 0. The fourth-order valence-corrected chi connectivity index (χ4v) is 2.10. The van der Waals surface area contributed by atoms with Crippen molar-refractivity contribution in [1.82, 2.24) is 4.90 Å². The van der Waals surface area contributed by atoms with Crippen LogP contribution in [0.5, 0.6) is 0 Å². The molecule has 0 aliphatic carbocycles. The molecule has 0 bridgehead atoms.